The van der Waals surface area contributed by atoms with E-state index >= 15 is 0 Å². The lowest BCUT2D eigenvalue weighted by molar-refractivity contribution is -0.122. The lowest BCUT2D eigenvalue weighted by Crippen LogP contribution is -2.29. The highest BCUT2D eigenvalue weighted by atomic mass is 32.2. The van der Waals surface area contributed by atoms with Crippen molar-refractivity contribution in [2.45, 2.75) is 12.8 Å². The first-order chi connectivity index (χ1) is 15.6. The second-order valence-corrected chi connectivity index (χ2v) is 9.07. The van der Waals surface area contributed by atoms with Gasteiger partial charge < -0.3 is 10.7 Å². The Morgan fingerprint density at radius 1 is 1.19 bits per heavy atom. The quantitative estimate of drug-likeness (QED) is 0.227. The largest absolute Gasteiger partial charge is 0.397 e. The zero-order valence-electron chi connectivity index (χ0n) is 16.9. The Balaban J connectivity index is 1.34. The molecular formula is C22H19N7OS2. The minimum absolute atomic E-state index is 0.0727. The number of carbonyl (C=O) groups excluding carboxylic acids is 1. The van der Waals surface area contributed by atoms with Gasteiger partial charge in [-0.1, -0.05) is 47.4 Å². The summed E-state index contributed by atoms with van der Waals surface area (Å²) in [5.74, 6) is 0.553. The van der Waals surface area contributed by atoms with Gasteiger partial charge >= 0.3 is 0 Å². The summed E-state index contributed by atoms with van der Waals surface area (Å²) in [6.07, 6.45) is 5.10. The van der Waals surface area contributed by atoms with E-state index in [4.69, 9.17) is 18.0 Å². The van der Waals surface area contributed by atoms with E-state index in [0.29, 0.717) is 40.1 Å². The molecule has 4 aromatic rings. The summed E-state index contributed by atoms with van der Waals surface area (Å²) >= 11 is 6.76. The number of hydrogen-bond donors (Lipinski definition) is 3. The van der Waals surface area contributed by atoms with Gasteiger partial charge in [-0.3, -0.25) is 9.69 Å². The number of nitrogen functional groups attached to an aromatic ring is 1. The van der Waals surface area contributed by atoms with Gasteiger partial charge in [0.05, 0.1) is 16.1 Å². The van der Waals surface area contributed by atoms with Crippen LogP contribution < -0.4 is 5.73 Å². The number of thioether (sulfide) groups is 1. The molecular weight excluding hydrogens is 442 g/mol. The SMILES string of the molecule is Nc1cc(-c2cccc(C=C3SC(=S)N(CCCc4nn[nH]n4)C3=O)c2)cc2cc[nH]c12. The molecule has 0 atom stereocenters. The van der Waals surface area contributed by atoms with Gasteiger partial charge in [-0.15, -0.1) is 10.2 Å². The van der Waals surface area contributed by atoms with Crippen LogP contribution in [0.4, 0.5) is 5.69 Å². The second kappa shape index (κ2) is 8.56. The second-order valence-electron chi connectivity index (χ2n) is 7.40. The molecule has 0 saturated carbocycles. The van der Waals surface area contributed by atoms with Crippen LogP contribution in [0.2, 0.25) is 0 Å². The number of aromatic amines is 2. The number of H-pyrrole nitrogens is 2. The van der Waals surface area contributed by atoms with E-state index in [0.717, 1.165) is 27.6 Å². The van der Waals surface area contributed by atoms with Gasteiger partial charge in [-0.05, 0) is 53.5 Å². The molecule has 0 unspecified atom stereocenters. The highest BCUT2D eigenvalue weighted by Crippen LogP contribution is 2.34. The zero-order valence-corrected chi connectivity index (χ0v) is 18.5. The number of nitrogens with one attached hydrogen (secondary N) is 2. The van der Waals surface area contributed by atoms with Crippen molar-refractivity contribution in [2.24, 2.45) is 0 Å². The predicted octanol–water partition coefficient (Wildman–Crippen LogP) is 3.76. The van der Waals surface area contributed by atoms with Gasteiger partial charge in [-0.2, -0.15) is 5.21 Å². The molecule has 4 N–H and O–H groups in total. The molecule has 0 aliphatic carbocycles. The van der Waals surface area contributed by atoms with Gasteiger partial charge in [0.15, 0.2) is 5.82 Å². The number of tetrazole rings is 1. The number of nitrogens with two attached hydrogens (primary N) is 1. The number of aromatic nitrogens is 5. The first-order valence-electron chi connectivity index (χ1n) is 10.0. The molecule has 32 heavy (non-hydrogen) atoms. The van der Waals surface area contributed by atoms with Crippen LogP contribution >= 0.6 is 24.0 Å². The molecule has 0 spiro atoms. The van der Waals surface area contributed by atoms with Crippen LogP contribution in [0.5, 0.6) is 0 Å². The number of rotatable bonds is 6. The monoisotopic (exact) mass is 461 g/mol. The van der Waals surface area contributed by atoms with Crippen LogP contribution in [0.25, 0.3) is 28.1 Å². The highest BCUT2D eigenvalue weighted by molar-refractivity contribution is 8.26. The fraction of sp³-hybridized carbons (Fsp3) is 0.136. The number of aryl methyl sites for hydroxylation is 1. The van der Waals surface area contributed by atoms with Crippen LogP contribution in [0.1, 0.15) is 17.8 Å². The van der Waals surface area contributed by atoms with Crippen molar-refractivity contribution in [1.29, 1.82) is 0 Å². The minimum Gasteiger partial charge on any atom is -0.397 e. The molecule has 0 radical (unpaired) electrons. The molecule has 8 nitrogen and oxygen atoms in total. The van der Waals surface area contributed by atoms with Crippen LogP contribution in [-0.2, 0) is 11.2 Å². The summed E-state index contributed by atoms with van der Waals surface area (Å²) in [7, 11) is 0. The lowest BCUT2D eigenvalue weighted by atomic mass is 10.0. The smallest absolute Gasteiger partial charge is 0.266 e. The van der Waals surface area contributed by atoms with Crippen molar-refractivity contribution in [3.63, 3.8) is 0 Å². The Morgan fingerprint density at radius 3 is 2.94 bits per heavy atom. The number of fused-ring (bicyclic) bond motifs is 1. The number of benzene rings is 2. The minimum atomic E-state index is -0.0727. The topological polar surface area (TPSA) is 117 Å². The van der Waals surface area contributed by atoms with Gasteiger partial charge in [0.2, 0.25) is 0 Å². The lowest BCUT2D eigenvalue weighted by Gasteiger charge is -2.13. The van der Waals surface area contributed by atoms with Crippen LogP contribution in [0.15, 0.2) is 53.6 Å². The van der Waals surface area contributed by atoms with Crippen LogP contribution in [0, 0.1) is 0 Å². The summed E-state index contributed by atoms with van der Waals surface area (Å²) in [6.45, 7) is 0.520. The van der Waals surface area contributed by atoms with Crippen molar-refractivity contribution in [3.8, 4) is 11.1 Å². The van der Waals surface area contributed by atoms with Crippen molar-refractivity contribution in [1.82, 2.24) is 30.5 Å². The van der Waals surface area contributed by atoms with Crippen molar-refractivity contribution in [2.75, 3.05) is 12.3 Å². The molecule has 1 aliphatic heterocycles. The zero-order chi connectivity index (χ0) is 22.1. The van der Waals surface area contributed by atoms with Crippen molar-refractivity contribution in [3.05, 3.63) is 65.0 Å². The fourth-order valence-electron chi connectivity index (χ4n) is 3.70. The maximum atomic E-state index is 12.9. The molecule has 1 amide bonds. The molecule has 10 heteroatoms. The molecule has 1 aliphatic rings. The number of hydrogen-bond acceptors (Lipinski definition) is 7. The van der Waals surface area contributed by atoms with Gasteiger partial charge in [0.25, 0.3) is 5.91 Å². The van der Waals surface area contributed by atoms with Crippen LogP contribution in [-0.4, -0.2) is 47.3 Å². The third-order valence-electron chi connectivity index (χ3n) is 5.25. The van der Waals surface area contributed by atoms with Gasteiger partial charge in [0.1, 0.15) is 4.32 Å². The van der Waals surface area contributed by atoms with E-state index < -0.39 is 0 Å². The molecule has 0 bridgehead atoms. The molecule has 3 heterocycles. The number of thiocarbonyl (C=S) groups is 1. The van der Waals surface area contributed by atoms with E-state index in [9.17, 15) is 4.79 Å². The maximum absolute atomic E-state index is 12.9. The third-order valence-corrected chi connectivity index (χ3v) is 6.63. The van der Waals surface area contributed by atoms with E-state index in [1.807, 2.05) is 42.6 Å². The number of anilines is 1. The molecule has 1 saturated heterocycles. The third kappa shape index (κ3) is 4.02. The van der Waals surface area contributed by atoms with Crippen LogP contribution in [0.3, 0.4) is 0 Å². The molecule has 160 valence electrons. The molecule has 2 aromatic carbocycles. The Kier molecular flexibility index (Phi) is 5.46. The first kappa shape index (κ1) is 20.4. The van der Waals surface area contributed by atoms with Gasteiger partial charge in [0, 0.05) is 24.5 Å². The van der Waals surface area contributed by atoms with Crippen molar-refractivity contribution >= 4 is 56.9 Å². The normalized spacial score (nSPS) is 15.4. The number of amides is 1. The molecule has 2 aromatic heterocycles. The van der Waals surface area contributed by atoms with E-state index in [1.165, 1.54) is 11.8 Å². The standard InChI is InChI=1S/C22H19N7OS2/c23-17-12-16(11-15-6-7-24-20(15)17)14-4-1-3-13(9-14)10-18-21(30)29(22(31)32-18)8-2-5-19-25-27-28-26-19/h1,3-4,6-7,9-12,24H,2,5,8,23H2,(H,25,26,27,28). The van der Waals surface area contributed by atoms with Crippen molar-refractivity contribution < 1.29 is 4.79 Å². The van der Waals surface area contributed by atoms with E-state index in [2.05, 4.69) is 37.7 Å². The fourth-order valence-corrected chi connectivity index (χ4v) is 5.01. The summed E-state index contributed by atoms with van der Waals surface area (Å²) in [5.41, 5.74) is 10.8. The number of carbonyl (C=O) groups is 1. The average Bonchev–Trinajstić information content (AvgIpc) is 3.52. The Bertz CT molecular complexity index is 1340. The first-order valence-corrected chi connectivity index (χ1v) is 11.3. The molecule has 1 fully saturated rings. The summed E-state index contributed by atoms with van der Waals surface area (Å²) < 4.78 is 0.566. The number of nitrogens with zero attached hydrogens (tertiary/aromatic N) is 4. The van der Waals surface area contributed by atoms with E-state index in [-0.39, 0.29) is 5.91 Å². The van der Waals surface area contributed by atoms with Gasteiger partial charge in [-0.25, -0.2) is 0 Å². The highest BCUT2D eigenvalue weighted by Gasteiger charge is 2.31. The summed E-state index contributed by atoms with van der Waals surface area (Å²) in [6, 6.07) is 14.1. The van der Waals surface area contributed by atoms with E-state index in [1.54, 1.807) is 4.90 Å². The summed E-state index contributed by atoms with van der Waals surface area (Å²) in [5, 5.41) is 14.9. The Morgan fingerprint density at radius 2 is 2.09 bits per heavy atom. The Labute approximate surface area is 193 Å². The average molecular weight is 462 g/mol. The predicted molar refractivity (Wildman–Crippen MR) is 131 cm³/mol. The Hall–Kier alpha value is -3.50. The maximum Gasteiger partial charge on any atom is 0.266 e. The summed E-state index contributed by atoms with van der Waals surface area (Å²) in [4.78, 5) is 18.3. The molecule has 5 rings (SSSR count).